The molecule has 2 heteroatoms. The van der Waals surface area contributed by atoms with Crippen LogP contribution in [0, 0.1) is 0 Å². The predicted molar refractivity (Wildman–Crippen MR) is 51.6 cm³/mol. The van der Waals surface area contributed by atoms with E-state index >= 15 is 0 Å². The van der Waals surface area contributed by atoms with E-state index in [-0.39, 0.29) is 6.61 Å². The van der Waals surface area contributed by atoms with Gasteiger partial charge in [0, 0.05) is 11.6 Å². The Morgan fingerprint density at radius 3 is 2.67 bits per heavy atom. The number of hydrogen-bond acceptors (Lipinski definition) is 1. The van der Waals surface area contributed by atoms with Gasteiger partial charge in [-0.1, -0.05) is 36.7 Å². The standard InChI is InChI=1S/C10H13ClO/c1-8(6-7-12)9-4-2-3-5-10(9)11/h2-5,8,12H,6-7H2,1H3. The third-order valence-electron chi connectivity index (χ3n) is 2.00. The molecule has 0 heterocycles. The van der Waals surface area contributed by atoms with Gasteiger partial charge in [0.05, 0.1) is 0 Å². The molecule has 0 amide bonds. The molecule has 1 rings (SSSR count). The van der Waals surface area contributed by atoms with E-state index in [0.717, 1.165) is 17.0 Å². The lowest BCUT2D eigenvalue weighted by molar-refractivity contribution is 0.278. The number of aliphatic hydroxyl groups excluding tert-OH is 1. The molecule has 0 aromatic heterocycles. The summed E-state index contributed by atoms with van der Waals surface area (Å²) in [5.74, 6) is 0.337. The van der Waals surface area contributed by atoms with E-state index in [9.17, 15) is 0 Å². The Balaban J connectivity index is 2.79. The third kappa shape index (κ3) is 2.23. The molecule has 0 aliphatic rings. The number of rotatable bonds is 3. The van der Waals surface area contributed by atoms with Crippen molar-refractivity contribution in [2.24, 2.45) is 0 Å². The summed E-state index contributed by atoms with van der Waals surface area (Å²) in [5.41, 5.74) is 1.12. The normalized spacial score (nSPS) is 12.9. The average molecular weight is 185 g/mol. The van der Waals surface area contributed by atoms with Crippen LogP contribution in [0.1, 0.15) is 24.8 Å². The van der Waals surface area contributed by atoms with Crippen LogP contribution in [-0.2, 0) is 0 Å². The molecule has 0 bridgehead atoms. The van der Waals surface area contributed by atoms with Crippen LogP contribution < -0.4 is 0 Å². The summed E-state index contributed by atoms with van der Waals surface area (Å²) < 4.78 is 0. The molecule has 0 spiro atoms. The first-order valence-electron chi connectivity index (χ1n) is 4.11. The number of hydrogen-bond donors (Lipinski definition) is 1. The van der Waals surface area contributed by atoms with Crippen molar-refractivity contribution in [3.63, 3.8) is 0 Å². The van der Waals surface area contributed by atoms with Crippen LogP contribution in [0.15, 0.2) is 24.3 Å². The van der Waals surface area contributed by atoms with Gasteiger partial charge in [-0.2, -0.15) is 0 Å². The zero-order valence-electron chi connectivity index (χ0n) is 7.13. The highest BCUT2D eigenvalue weighted by Crippen LogP contribution is 2.25. The average Bonchev–Trinajstić information content (AvgIpc) is 2.05. The summed E-state index contributed by atoms with van der Waals surface area (Å²) >= 11 is 5.97. The highest BCUT2D eigenvalue weighted by molar-refractivity contribution is 6.31. The summed E-state index contributed by atoms with van der Waals surface area (Å²) in [4.78, 5) is 0. The van der Waals surface area contributed by atoms with E-state index in [4.69, 9.17) is 16.7 Å². The van der Waals surface area contributed by atoms with Crippen LogP contribution in [-0.4, -0.2) is 11.7 Å². The minimum Gasteiger partial charge on any atom is -0.396 e. The quantitative estimate of drug-likeness (QED) is 0.766. The Bertz CT molecular complexity index is 247. The first kappa shape index (κ1) is 9.56. The van der Waals surface area contributed by atoms with Crippen molar-refractivity contribution in [2.45, 2.75) is 19.3 Å². The van der Waals surface area contributed by atoms with E-state index in [1.165, 1.54) is 0 Å². The van der Waals surface area contributed by atoms with Gasteiger partial charge in [0.25, 0.3) is 0 Å². The molecule has 1 N–H and O–H groups in total. The van der Waals surface area contributed by atoms with Gasteiger partial charge >= 0.3 is 0 Å². The molecule has 1 atom stereocenters. The lowest BCUT2D eigenvalue weighted by atomic mass is 9.98. The Morgan fingerprint density at radius 2 is 2.08 bits per heavy atom. The van der Waals surface area contributed by atoms with E-state index < -0.39 is 0 Å². The Morgan fingerprint density at radius 1 is 1.42 bits per heavy atom. The monoisotopic (exact) mass is 184 g/mol. The van der Waals surface area contributed by atoms with Crippen molar-refractivity contribution in [3.8, 4) is 0 Å². The van der Waals surface area contributed by atoms with Crippen LogP contribution in [0.4, 0.5) is 0 Å². The van der Waals surface area contributed by atoms with Gasteiger partial charge in [-0.3, -0.25) is 0 Å². The summed E-state index contributed by atoms with van der Waals surface area (Å²) in [6.07, 6.45) is 0.768. The van der Waals surface area contributed by atoms with Crippen LogP contribution in [0.2, 0.25) is 5.02 Å². The fraction of sp³-hybridized carbons (Fsp3) is 0.400. The molecule has 0 aliphatic carbocycles. The molecule has 1 nitrogen and oxygen atoms in total. The van der Waals surface area contributed by atoms with Crippen molar-refractivity contribution < 1.29 is 5.11 Å². The lowest BCUT2D eigenvalue weighted by Gasteiger charge is -2.11. The van der Waals surface area contributed by atoms with E-state index in [1.807, 2.05) is 24.3 Å². The molecule has 12 heavy (non-hydrogen) atoms. The Labute approximate surface area is 78.0 Å². The first-order chi connectivity index (χ1) is 5.75. The molecule has 66 valence electrons. The molecular weight excluding hydrogens is 172 g/mol. The number of aliphatic hydroxyl groups is 1. The second kappa shape index (κ2) is 4.48. The summed E-state index contributed by atoms with van der Waals surface area (Å²) in [5, 5.41) is 9.54. The van der Waals surface area contributed by atoms with Crippen LogP contribution in [0.3, 0.4) is 0 Å². The topological polar surface area (TPSA) is 20.2 Å². The smallest absolute Gasteiger partial charge is 0.0440 e. The molecule has 0 aliphatic heterocycles. The Kier molecular flexibility index (Phi) is 3.57. The number of benzene rings is 1. The highest BCUT2D eigenvalue weighted by atomic mass is 35.5. The summed E-state index contributed by atoms with van der Waals surface area (Å²) in [6, 6.07) is 7.76. The predicted octanol–water partition coefficient (Wildman–Crippen LogP) is 2.83. The van der Waals surface area contributed by atoms with E-state index in [1.54, 1.807) is 0 Å². The summed E-state index contributed by atoms with van der Waals surface area (Å²) in [6.45, 7) is 2.28. The Hall–Kier alpha value is -0.530. The maximum absolute atomic E-state index is 8.75. The highest BCUT2D eigenvalue weighted by Gasteiger charge is 2.07. The molecule has 1 aromatic carbocycles. The fourth-order valence-electron chi connectivity index (χ4n) is 1.22. The van der Waals surface area contributed by atoms with Gasteiger partial charge < -0.3 is 5.11 Å². The molecule has 0 radical (unpaired) electrons. The molecular formula is C10H13ClO. The van der Waals surface area contributed by atoms with Crippen LogP contribution in [0.25, 0.3) is 0 Å². The maximum atomic E-state index is 8.75. The minimum atomic E-state index is 0.215. The molecule has 0 saturated carbocycles. The van der Waals surface area contributed by atoms with Crippen molar-refractivity contribution >= 4 is 11.6 Å². The first-order valence-corrected chi connectivity index (χ1v) is 4.48. The lowest BCUT2D eigenvalue weighted by Crippen LogP contribution is -1.97. The van der Waals surface area contributed by atoms with Gasteiger partial charge in [0.15, 0.2) is 0 Å². The molecule has 1 unspecified atom stereocenters. The van der Waals surface area contributed by atoms with Gasteiger partial charge in [-0.05, 0) is 24.0 Å². The van der Waals surface area contributed by atoms with Gasteiger partial charge in [0.2, 0.25) is 0 Å². The zero-order chi connectivity index (χ0) is 8.97. The third-order valence-corrected chi connectivity index (χ3v) is 2.34. The van der Waals surface area contributed by atoms with Crippen LogP contribution in [0.5, 0.6) is 0 Å². The maximum Gasteiger partial charge on any atom is 0.0440 e. The minimum absolute atomic E-state index is 0.215. The van der Waals surface area contributed by atoms with E-state index in [0.29, 0.717) is 5.92 Å². The molecule has 0 fully saturated rings. The second-order valence-electron chi connectivity index (χ2n) is 2.93. The molecule has 0 saturated heterocycles. The van der Waals surface area contributed by atoms with Crippen molar-refractivity contribution in [2.75, 3.05) is 6.61 Å². The van der Waals surface area contributed by atoms with Gasteiger partial charge in [-0.25, -0.2) is 0 Å². The van der Waals surface area contributed by atoms with Crippen molar-refractivity contribution in [1.82, 2.24) is 0 Å². The molecule has 1 aromatic rings. The van der Waals surface area contributed by atoms with Gasteiger partial charge in [0.1, 0.15) is 0 Å². The number of halogens is 1. The fourth-order valence-corrected chi connectivity index (χ4v) is 1.55. The SMILES string of the molecule is CC(CCO)c1ccccc1Cl. The second-order valence-corrected chi connectivity index (χ2v) is 3.34. The largest absolute Gasteiger partial charge is 0.396 e. The van der Waals surface area contributed by atoms with Crippen LogP contribution >= 0.6 is 11.6 Å². The van der Waals surface area contributed by atoms with Gasteiger partial charge in [-0.15, -0.1) is 0 Å². The van der Waals surface area contributed by atoms with Crippen molar-refractivity contribution in [1.29, 1.82) is 0 Å². The summed E-state index contributed by atoms with van der Waals surface area (Å²) in [7, 11) is 0. The zero-order valence-corrected chi connectivity index (χ0v) is 7.88. The van der Waals surface area contributed by atoms with Crippen molar-refractivity contribution in [3.05, 3.63) is 34.9 Å². The van der Waals surface area contributed by atoms with E-state index in [2.05, 4.69) is 6.92 Å².